The third-order valence-electron chi connectivity index (χ3n) is 8.09. The Labute approximate surface area is 267 Å². The number of fused-ring (bicyclic) bond motifs is 4. The van der Waals surface area contributed by atoms with Crippen molar-refractivity contribution in [3.63, 3.8) is 0 Å². The summed E-state index contributed by atoms with van der Waals surface area (Å²) in [6.45, 7) is 1.79. The van der Waals surface area contributed by atoms with E-state index in [1.165, 1.54) is 25.7 Å². The molecule has 0 bridgehead atoms. The molecule has 6 nitrogen and oxygen atoms in total. The fraction of sp³-hybridized carbons (Fsp3) is 0.278. The summed E-state index contributed by atoms with van der Waals surface area (Å²) in [5, 5.41) is 13.0. The van der Waals surface area contributed by atoms with Gasteiger partial charge in [-0.2, -0.15) is 0 Å². The van der Waals surface area contributed by atoms with Crippen LogP contribution in [0.5, 0.6) is 11.5 Å². The van der Waals surface area contributed by atoms with Crippen molar-refractivity contribution in [1.29, 1.82) is 0 Å². The fourth-order valence-corrected chi connectivity index (χ4v) is 6.14. The molecule has 0 radical (unpaired) electrons. The van der Waals surface area contributed by atoms with E-state index in [1.807, 2.05) is 60.7 Å². The van der Waals surface area contributed by atoms with Gasteiger partial charge in [0.05, 0.1) is 47.7 Å². The molecule has 0 aliphatic rings. The molecule has 4 aromatic carbocycles. The number of nitrogens with zero attached hydrogens (tertiary/aromatic N) is 2. The van der Waals surface area contributed by atoms with E-state index in [9.17, 15) is 0 Å². The smallest absolute Gasteiger partial charge is 0.119 e. The van der Waals surface area contributed by atoms with Crippen molar-refractivity contribution < 1.29 is 9.47 Å². The average Bonchev–Trinajstić information content (AvgIpc) is 3.04. The summed E-state index contributed by atoms with van der Waals surface area (Å²) in [6.07, 6.45) is 6.97. The standard InChI is InChI=1S/C36H36Cl2N4O2/c1-43-25-11-15-31-29(21-25)35(27-13-9-23(37)19-33(27)41-31)39-17-7-5-3-4-6-8-18-40-36-28-14-10-24(38)20-34(28)42-32-16-12-26(44-2)22-30(32)36/h9-16,19-22H,3-8,17-18H2,1-2H3,(H,39,41)(H,40,42). The summed E-state index contributed by atoms with van der Waals surface area (Å²) in [4.78, 5) is 9.66. The molecule has 0 spiro atoms. The number of methoxy groups -OCH3 is 2. The number of unbranched alkanes of at least 4 members (excludes halogenated alkanes) is 5. The minimum atomic E-state index is 0.687. The van der Waals surface area contributed by atoms with Crippen molar-refractivity contribution in [2.45, 2.75) is 38.5 Å². The Hall–Kier alpha value is -4.00. The van der Waals surface area contributed by atoms with Gasteiger partial charge in [0.1, 0.15) is 11.5 Å². The molecule has 0 aliphatic heterocycles. The highest BCUT2D eigenvalue weighted by Crippen LogP contribution is 2.35. The van der Waals surface area contributed by atoms with Crippen molar-refractivity contribution in [3.8, 4) is 11.5 Å². The molecule has 0 fully saturated rings. The number of benzene rings is 4. The Morgan fingerprint density at radius 1 is 0.500 bits per heavy atom. The lowest BCUT2D eigenvalue weighted by molar-refractivity contribution is 0.415. The summed E-state index contributed by atoms with van der Waals surface area (Å²) in [7, 11) is 3.38. The molecule has 2 heterocycles. The van der Waals surface area contributed by atoms with Gasteiger partial charge in [-0.15, -0.1) is 0 Å². The van der Waals surface area contributed by atoms with Crippen LogP contribution < -0.4 is 20.1 Å². The molecule has 226 valence electrons. The molecule has 6 aromatic rings. The van der Waals surface area contributed by atoms with Crippen LogP contribution in [0.15, 0.2) is 72.8 Å². The normalized spacial score (nSPS) is 11.5. The lowest BCUT2D eigenvalue weighted by atomic mass is 10.1. The Morgan fingerprint density at radius 3 is 1.36 bits per heavy atom. The fourth-order valence-electron chi connectivity index (χ4n) is 5.81. The summed E-state index contributed by atoms with van der Waals surface area (Å²) in [5.41, 5.74) is 5.80. The first-order chi connectivity index (χ1) is 21.5. The van der Waals surface area contributed by atoms with Crippen LogP contribution in [0.2, 0.25) is 10.0 Å². The maximum absolute atomic E-state index is 6.27. The van der Waals surface area contributed by atoms with Crippen molar-refractivity contribution in [3.05, 3.63) is 82.8 Å². The van der Waals surface area contributed by atoms with Gasteiger partial charge in [0.25, 0.3) is 0 Å². The maximum atomic E-state index is 6.27. The second kappa shape index (κ2) is 13.7. The maximum Gasteiger partial charge on any atom is 0.119 e. The van der Waals surface area contributed by atoms with Gasteiger partial charge in [0.2, 0.25) is 0 Å². The van der Waals surface area contributed by atoms with Crippen molar-refractivity contribution >= 4 is 78.2 Å². The number of rotatable bonds is 13. The second-order valence-electron chi connectivity index (χ2n) is 11.0. The van der Waals surface area contributed by atoms with E-state index in [2.05, 4.69) is 22.8 Å². The summed E-state index contributed by atoms with van der Waals surface area (Å²) < 4.78 is 11.0. The Balaban J connectivity index is 1.01. The number of halogens is 2. The lowest BCUT2D eigenvalue weighted by Crippen LogP contribution is -2.04. The van der Waals surface area contributed by atoms with Crippen molar-refractivity contribution in [1.82, 2.24) is 9.97 Å². The number of ether oxygens (including phenoxy) is 2. The molecule has 0 amide bonds. The van der Waals surface area contributed by atoms with E-state index in [1.54, 1.807) is 14.2 Å². The van der Waals surface area contributed by atoms with E-state index in [0.717, 1.165) is 92.4 Å². The van der Waals surface area contributed by atoms with Crippen LogP contribution in [-0.4, -0.2) is 37.3 Å². The van der Waals surface area contributed by atoms with E-state index < -0.39 is 0 Å². The van der Waals surface area contributed by atoms with Gasteiger partial charge in [0, 0.05) is 44.7 Å². The van der Waals surface area contributed by atoms with Crippen molar-refractivity contribution in [2.24, 2.45) is 0 Å². The number of aromatic nitrogens is 2. The largest absolute Gasteiger partial charge is 0.497 e. The minimum Gasteiger partial charge on any atom is -0.497 e. The first kappa shape index (κ1) is 30.0. The highest BCUT2D eigenvalue weighted by Gasteiger charge is 2.12. The summed E-state index contributed by atoms with van der Waals surface area (Å²) >= 11 is 12.5. The molecule has 0 saturated carbocycles. The molecule has 44 heavy (non-hydrogen) atoms. The highest BCUT2D eigenvalue weighted by molar-refractivity contribution is 6.32. The topological polar surface area (TPSA) is 68.3 Å². The molecule has 0 atom stereocenters. The van der Waals surface area contributed by atoms with Gasteiger partial charge in [-0.25, -0.2) is 9.97 Å². The van der Waals surface area contributed by atoms with Gasteiger partial charge < -0.3 is 20.1 Å². The molecule has 2 N–H and O–H groups in total. The monoisotopic (exact) mass is 626 g/mol. The quantitative estimate of drug-likeness (QED) is 0.0981. The number of hydrogen-bond acceptors (Lipinski definition) is 6. The summed E-state index contributed by atoms with van der Waals surface area (Å²) in [5.74, 6) is 1.64. The molecule has 2 aromatic heterocycles. The molecule has 0 unspecified atom stereocenters. The second-order valence-corrected chi connectivity index (χ2v) is 11.9. The third kappa shape index (κ3) is 6.57. The number of pyridine rings is 2. The van der Waals surface area contributed by atoms with Crippen LogP contribution in [0.25, 0.3) is 43.6 Å². The van der Waals surface area contributed by atoms with Gasteiger partial charge >= 0.3 is 0 Å². The average molecular weight is 628 g/mol. The Morgan fingerprint density at radius 2 is 0.932 bits per heavy atom. The van der Waals surface area contributed by atoms with Gasteiger partial charge in [-0.1, -0.05) is 48.9 Å². The van der Waals surface area contributed by atoms with Crippen LogP contribution in [0.4, 0.5) is 11.4 Å². The van der Waals surface area contributed by atoms with Gasteiger partial charge in [0.15, 0.2) is 0 Å². The number of nitrogens with one attached hydrogen (secondary N) is 2. The van der Waals surface area contributed by atoms with Crippen LogP contribution in [0.3, 0.4) is 0 Å². The molecular weight excluding hydrogens is 591 g/mol. The van der Waals surface area contributed by atoms with E-state index in [4.69, 9.17) is 42.6 Å². The highest BCUT2D eigenvalue weighted by atomic mass is 35.5. The number of hydrogen-bond donors (Lipinski definition) is 2. The van der Waals surface area contributed by atoms with E-state index in [0.29, 0.717) is 10.0 Å². The van der Waals surface area contributed by atoms with Crippen LogP contribution in [0, 0.1) is 0 Å². The molecule has 0 aliphatic carbocycles. The first-order valence-corrected chi connectivity index (χ1v) is 15.9. The molecule has 0 saturated heterocycles. The predicted molar refractivity (Wildman–Crippen MR) is 186 cm³/mol. The first-order valence-electron chi connectivity index (χ1n) is 15.2. The summed E-state index contributed by atoms with van der Waals surface area (Å²) in [6, 6.07) is 23.8. The minimum absolute atomic E-state index is 0.687. The van der Waals surface area contributed by atoms with Gasteiger partial charge in [-0.3, -0.25) is 0 Å². The SMILES string of the molecule is COc1ccc2nc3cc(Cl)ccc3c(NCCCCCCCCNc3c4ccc(Cl)cc4nc4ccc(OC)cc34)c2c1. The molecular formula is C36H36Cl2N4O2. The number of anilines is 2. The van der Waals surface area contributed by atoms with E-state index in [-0.39, 0.29) is 0 Å². The van der Waals surface area contributed by atoms with Crippen LogP contribution in [0.1, 0.15) is 38.5 Å². The third-order valence-corrected chi connectivity index (χ3v) is 8.56. The van der Waals surface area contributed by atoms with Crippen LogP contribution >= 0.6 is 23.2 Å². The molecule has 6 rings (SSSR count). The van der Waals surface area contributed by atoms with Gasteiger partial charge in [-0.05, 0) is 85.6 Å². The zero-order chi connectivity index (χ0) is 30.5. The predicted octanol–water partition coefficient (Wildman–Crippen LogP) is 10.3. The lowest BCUT2D eigenvalue weighted by Gasteiger charge is -2.15. The Kier molecular flexibility index (Phi) is 9.39. The van der Waals surface area contributed by atoms with Crippen LogP contribution in [-0.2, 0) is 0 Å². The molecule has 8 heteroatoms. The zero-order valence-electron chi connectivity index (χ0n) is 25.1. The zero-order valence-corrected chi connectivity index (χ0v) is 26.6. The Bertz CT molecular complexity index is 1810. The van der Waals surface area contributed by atoms with Crippen molar-refractivity contribution in [2.75, 3.05) is 37.9 Å². The van der Waals surface area contributed by atoms with E-state index >= 15 is 0 Å².